The second kappa shape index (κ2) is 6.20. The van der Waals surface area contributed by atoms with Crippen molar-refractivity contribution in [1.82, 2.24) is 5.32 Å². The third-order valence-corrected chi connectivity index (χ3v) is 3.65. The molecule has 1 fully saturated rings. The number of benzene rings is 1. The molecule has 0 unspecified atom stereocenters. The van der Waals surface area contributed by atoms with Crippen LogP contribution in [0.25, 0.3) is 0 Å². The van der Waals surface area contributed by atoms with Crippen LogP contribution in [0.3, 0.4) is 0 Å². The predicted octanol–water partition coefficient (Wildman–Crippen LogP) is 1.74. The number of carbonyl (C=O) groups is 2. The fraction of sp³-hybridized carbons (Fsp3) is 0.400. The number of nitriles is 1. The molecule has 0 aromatic heterocycles. The first-order valence-corrected chi connectivity index (χ1v) is 6.61. The van der Waals surface area contributed by atoms with E-state index in [0.29, 0.717) is 24.8 Å². The summed E-state index contributed by atoms with van der Waals surface area (Å²) in [5.74, 6) is -1.60. The highest BCUT2D eigenvalue weighted by molar-refractivity contribution is 5.94. The zero-order chi connectivity index (χ0) is 14.5. The Labute approximate surface area is 117 Å². The Kier molecular flexibility index (Phi) is 4.36. The van der Waals surface area contributed by atoms with Crippen molar-refractivity contribution in [3.8, 4) is 6.07 Å². The van der Waals surface area contributed by atoms with Gasteiger partial charge in [0.2, 0.25) is 0 Å². The largest absolute Gasteiger partial charge is 0.481 e. The minimum absolute atomic E-state index is 0.258. The molecule has 2 N–H and O–H groups in total. The van der Waals surface area contributed by atoms with Gasteiger partial charge in [-0.25, -0.2) is 0 Å². The van der Waals surface area contributed by atoms with Crippen molar-refractivity contribution in [3.05, 3.63) is 35.4 Å². The summed E-state index contributed by atoms with van der Waals surface area (Å²) in [5.41, 5.74) is 1.34. The molecule has 1 aromatic carbocycles. The van der Waals surface area contributed by atoms with Crippen LogP contribution in [-0.2, 0) is 11.2 Å². The Bertz CT molecular complexity index is 545. The lowest BCUT2D eigenvalue weighted by atomic mass is 10.0. The SMILES string of the molecule is N#CCc1ccc(C(=O)N[C@H]2CCC[C@H]2C(=O)O)cc1. The highest BCUT2D eigenvalue weighted by atomic mass is 16.4. The third kappa shape index (κ3) is 3.15. The molecule has 0 aliphatic heterocycles. The number of amides is 1. The summed E-state index contributed by atoms with van der Waals surface area (Å²) in [6.07, 6.45) is 2.45. The van der Waals surface area contributed by atoms with Gasteiger partial charge in [0.1, 0.15) is 0 Å². The van der Waals surface area contributed by atoms with Crippen molar-refractivity contribution in [3.63, 3.8) is 0 Å². The van der Waals surface area contributed by atoms with Gasteiger partial charge in [-0.05, 0) is 30.5 Å². The Morgan fingerprint density at radius 3 is 2.60 bits per heavy atom. The van der Waals surface area contributed by atoms with E-state index < -0.39 is 11.9 Å². The number of carboxylic acids is 1. The van der Waals surface area contributed by atoms with Gasteiger partial charge in [0, 0.05) is 11.6 Å². The van der Waals surface area contributed by atoms with Crippen molar-refractivity contribution in [2.75, 3.05) is 0 Å². The van der Waals surface area contributed by atoms with Gasteiger partial charge < -0.3 is 10.4 Å². The molecule has 0 saturated heterocycles. The maximum atomic E-state index is 12.1. The van der Waals surface area contributed by atoms with Gasteiger partial charge in [-0.15, -0.1) is 0 Å². The molecule has 1 saturated carbocycles. The van der Waals surface area contributed by atoms with Gasteiger partial charge in [0.05, 0.1) is 18.4 Å². The number of nitrogens with one attached hydrogen (secondary N) is 1. The van der Waals surface area contributed by atoms with Crippen molar-refractivity contribution >= 4 is 11.9 Å². The molecule has 0 spiro atoms. The fourth-order valence-corrected chi connectivity index (χ4v) is 2.55. The van der Waals surface area contributed by atoms with Crippen LogP contribution in [0.5, 0.6) is 0 Å². The highest BCUT2D eigenvalue weighted by Crippen LogP contribution is 2.26. The van der Waals surface area contributed by atoms with Crippen LogP contribution in [0, 0.1) is 17.2 Å². The molecule has 1 aliphatic rings. The molecule has 5 nitrogen and oxygen atoms in total. The van der Waals surface area contributed by atoms with E-state index in [4.69, 9.17) is 10.4 Å². The summed E-state index contributed by atoms with van der Waals surface area (Å²) in [7, 11) is 0. The first-order valence-electron chi connectivity index (χ1n) is 6.61. The van der Waals surface area contributed by atoms with Crippen LogP contribution in [0.1, 0.15) is 35.2 Å². The maximum Gasteiger partial charge on any atom is 0.308 e. The molecule has 0 radical (unpaired) electrons. The summed E-state index contributed by atoms with van der Waals surface area (Å²) in [6, 6.07) is 8.55. The minimum Gasteiger partial charge on any atom is -0.481 e. The van der Waals surface area contributed by atoms with E-state index in [9.17, 15) is 9.59 Å². The van der Waals surface area contributed by atoms with Crippen LogP contribution < -0.4 is 5.32 Å². The lowest BCUT2D eigenvalue weighted by Gasteiger charge is -2.17. The summed E-state index contributed by atoms with van der Waals surface area (Å²) < 4.78 is 0. The zero-order valence-electron chi connectivity index (χ0n) is 11.0. The van der Waals surface area contributed by atoms with E-state index in [1.165, 1.54) is 0 Å². The monoisotopic (exact) mass is 272 g/mol. The second-order valence-corrected chi connectivity index (χ2v) is 4.99. The number of carbonyl (C=O) groups excluding carboxylic acids is 1. The van der Waals surface area contributed by atoms with E-state index in [1.54, 1.807) is 24.3 Å². The van der Waals surface area contributed by atoms with E-state index >= 15 is 0 Å². The summed E-state index contributed by atoms with van der Waals surface area (Å²) >= 11 is 0. The maximum absolute atomic E-state index is 12.1. The molecule has 1 aromatic rings. The average molecular weight is 272 g/mol. The van der Waals surface area contributed by atoms with Crippen LogP contribution >= 0.6 is 0 Å². The van der Waals surface area contributed by atoms with Crippen LogP contribution in [0.15, 0.2) is 24.3 Å². The topological polar surface area (TPSA) is 90.2 Å². The number of hydrogen-bond acceptors (Lipinski definition) is 3. The molecule has 0 heterocycles. The molecule has 1 amide bonds. The van der Waals surface area contributed by atoms with E-state index in [-0.39, 0.29) is 11.9 Å². The van der Waals surface area contributed by atoms with E-state index in [1.807, 2.05) is 6.07 Å². The lowest BCUT2D eigenvalue weighted by Crippen LogP contribution is -2.40. The number of aliphatic carboxylic acids is 1. The number of hydrogen-bond donors (Lipinski definition) is 2. The molecule has 20 heavy (non-hydrogen) atoms. The van der Waals surface area contributed by atoms with E-state index in [0.717, 1.165) is 12.0 Å². The van der Waals surface area contributed by atoms with Crippen LogP contribution in [0.4, 0.5) is 0 Å². The third-order valence-electron chi connectivity index (χ3n) is 3.65. The molecular formula is C15H16N2O3. The van der Waals surface area contributed by atoms with Crippen molar-refractivity contribution in [2.24, 2.45) is 5.92 Å². The second-order valence-electron chi connectivity index (χ2n) is 4.99. The summed E-state index contributed by atoms with van der Waals surface area (Å²) in [4.78, 5) is 23.1. The van der Waals surface area contributed by atoms with E-state index in [2.05, 4.69) is 5.32 Å². The molecule has 5 heteroatoms. The predicted molar refractivity (Wildman–Crippen MR) is 72.0 cm³/mol. The Balaban J connectivity index is 2.01. The normalized spacial score (nSPS) is 21.1. The molecular weight excluding hydrogens is 256 g/mol. The van der Waals surface area contributed by atoms with Gasteiger partial charge in [0.25, 0.3) is 5.91 Å². The summed E-state index contributed by atoms with van der Waals surface area (Å²) in [5, 5.41) is 20.5. The van der Waals surface area contributed by atoms with Crippen LogP contribution in [-0.4, -0.2) is 23.0 Å². The quantitative estimate of drug-likeness (QED) is 0.873. The standard InChI is InChI=1S/C15H16N2O3/c16-9-8-10-4-6-11(7-5-10)14(18)17-13-3-1-2-12(13)15(19)20/h4-7,12-13H,1-3,8H2,(H,17,18)(H,19,20)/t12-,13+/m1/s1. The van der Waals surface area contributed by atoms with Gasteiger partial charge in [-0.2, -0.15) is 5.26 Å². The van der Waals surface area contributed by atoms with Gasteiger partial charge in [0.15, 0.2) is 0 Å². The Hall–Kier alpha value is -2.35. The lowest BCUT2D eigenvalue weighted by molar-refractivity contribution is -0.142. The molecule has 104 valence electrons. The Morgan fingerprint density at radius 2 is 2.00 bits per heavy atom. The number of carboxylic acid groups (broad SMARTS) is 1. The van der Waals surface area contributed by atoms with Gasteiger partial charge in [-0.1, -0.05) is 18.6 Å². The van der Waals surface area contributed by atoms with Crippen molar-refractivity contribution in [1.29, 1.82) is 5.26 Å². The minimum atomic E-state index is -0.850. The van der Waals surface area contributed by atoms with Crippen LogP contribution in [0.2, 0.25) is 0 Å². The Morgan fingerprint density at radius 1 is 1.30 bits per heavy atom. The first kappa shape index (κ1) is 14.1. The van der Waals surface area contributed by atoms with Crippen molar-refractivity contribution in [2.45, 2.75) is 31.7 Å². The first-order chi connectivity index (χ1) is 9.61. The molecule has 1 aliphatic carbocycles. The zero-order valence-corrected chi connectivity index (χ0v) is 11.0. The fourth-order valence-electron chi connectivity index (χ4n) is 2.55. The number of rotatable bonds is 4. The van der Waals surface area contributed by atoms with Gasteiger partial charge in [-0.3, -0.25) is 9.59 Å². The van der Waals surface area contributed by atoms with Crippen molar-refractivity contribution < 1.29 is 14.7 Å². The van der Waals surface area contributed by atoms with Gasteiger partial charge >= 0.3 is 5.97 Å². The molecule has 0 bridgehead atoms. The molecule has 2 atom stereocenters. The average Bonchev–Trinajstić information content (AvgIpc) is 2.88. The molecule has 2 rings (SSSR count). The smallest absolute Gasteiger partial charge is 0.308 e. The summed E-state index contributed by atoms with van der Waals surface area (Å²) in [6.45, 7) is 0. The number of nitrogens with zero attached hydrogens (tertiary/aromatic N) is 1. The highest BCUT2D eigenvalue weighted by Gasteiger charge is 2.33.